The fourth-order valence-electron chi connectivity index (χ4n) is 3.53. The van der Waals surface area contributed by atoms with Gasteiger partial charge in [0.25, 0.3) is 5.91 Å². The van der Waals surface area contributed by atoms with Crippen molar-refractivity contribution < 1.29 is 4.79 Å². The van der Waals surface area contributed by atoms with Gasteiger partial charge >= 0.3 is 0 Å². The first kappa shape index (κ1) is 16.7. The van der Waals surface area contributed by atoms with E-state index in [2.05, 4.69) is 22.6 Å². The quantitative estimate of drug-likeness (QED) is 0.848. The van der Waals surface area contributed by atoms with Crippen LogP contribution in [0.2, 0.25) is 0 Å². The van der Waals surface area contributed by atoms with Crippen LogP contribution in [-0.4, -0.2) is 26.9 Å². The average molecular weight is 326 g/mol. The van der Waals surface area contributed by atoms with Crippen LogP contribution in [-0.2, 0) is 6.54 Å². The number of carbonyl (C=O) groups excluding carboxylic acids is 1. The summed E-state index contributed by atoms with van der Waals surface area (Å²) in [4.78, 5) is 12.5. The number of benzene rings is 1. The Bertz CT molecular complexity index is 652. The van der Waals surface area contributed by atoms with Crippen LogP contribution in [0.1, 0.15) is 61.5 Å². The molecule has 1 fully saturated rings. The van der Waals surface area contributed by atoms with Crippen LogP contribution in [0.25, 0.3) is 0 Å². The molecule has 1 aliphatic rings. The molecule has 128 valence electrons. The molecular weight excluding hydrogens is 300 g/mol. The van der Waals surface area contributed by atoms with Crippen LogP contribution in [0.15, 0.2) is 36.5 Å². The molecule has 2 aromatic rings. The number of amides is 1. The van der Waals surface area contributed by atoms with Gasteiger partial charge in [-0.25, -0.2) is 4.68 Å². The summed E-state index contributed by atoms with van der Waals surface area (Å²) in [6, 6.07) is 10.4. The Labute approximate surface area is 143 Å². The van der Waals surface area contributed by atoms with Gasteiger partial charge in [-0.05, 0) is 30.7 Å². The third-order valence-electron chi connectivity index (χ3n) is 4.86. The molecule has 5 nitrogen and oxygen atoms in total. The highest BCUT2D eigenvalue weighted by Gasteiger charge is 2.28. The van der Waals surface area contributed by atoms with Gasteiger partial charge < -0.3 is 5.32 Å². The first-order chi connectivity index (χ1) is 11.8. The number of aromatic nitrogens is 3. The summed E-state index contributed by atoms with van der Waals surface area (Å²) in [6.07, 6.45) is 8.92. The second kappa shape index (κ2) is 8.08. The Morgan fingerprint density at radius 3 is 2.92 bits per heavy atom. The number of rotatable bonds is 7. The SMILES string of the molecule is CCCCC1CCCC1NC(=O)c1cn(Cc2ccccc2)nn1. The van der Waals surface area contributed by atoms with Crippen molar-refractivity contribution in [2.24, 2.45) is 5.92 Å². The largest absolute Gasteiger partial charge is 0.348 e. The fraction of sp³-hybridized carbons (Fsp3) is 0.526. The van der Waals surface area contributed by atoms with Crippen molar-refractivity contribution in [3.8, 4) is 0 Å². The molecule has 1 aliphatic carbocycles. The molecule has 1 aromatic carbocycles. The van der Waals surface area contributed by atoms with Crippen molar-refractivity contribution in [1.82, 2.24) is 20.3 Å². The van der Waals surface area contributed by atoms with Gasteiger partial charge in [0.05, 0.1) is 12.7 Å². The molecule has 5 heteroatoms. The third-order valence-corrected chi connectivity index (χ3v) is 4.86. The molecule has 0 aliphatic heterocycles. The van der Waals surface area contributed by atoms with Crippen LogP contribution < -0.4 is 5.32 Å². The first-order valence-electron chi connectivity index (χ1n) is 9.01. The summed E-state index contributed by atoms with van der Waals surface area (Å²) in [5.74, 6) is 0.524. The maximum atomic E-state index is 12.5. The summed E-state index contributed by atoms with van der Waals surface area (Å²) in [5, 5.41) is 11.3. The highest BCUT2D eigenvalue weighted by atomic mass is 16.2. The normalized spacial score (nSPS) is 20.2. The van der Waals surface area contributed by atoms with Gasteiger partial charge in [-0.2, -0.15) is 0 Å². The van der Waals surface area contributed by atoms with Gasteiger partial charge in [0.15, 0.2) is 5.69 Å². The monoisotopic (exact) mass is 326 g/mol. The van der Waals surface area contributed by atoms with Gasteiger partial charge in [0.1, 0.15) is 0 Å². The lowest BCUT2D eigenvalue weighted by molar-refractivity contribution is 0.0921. The predicted octanol–water partition coefficient (Wildman–Crippen LogP) is 3.42. The number of nitrogens with zero attached hydrogens (tertiary/aromatic N) is 3. The van der Waals surface area contributed by atoms with E-state index in [1.807, 2.05) is 30.3 Å². The highest BCUT2D eigenvalue weighted by molar-refractivity contribution is 5.92. The average Bonchev–Trinajstić information content (AvgIpc) is 3.23. The molecule has 0 spiro atoms. The predicted molar refractivity (Wildman–Crippen MR) is 93.7 cm³/mol. The van der Waals surface area contributed by atoms with Crippen molar-refractivity contribution in [3.05, 3.63) is 47.8 Å². The summed E-state index contributed by atoms with van der Waals surface area (Å²) in [5.41, 5.74) is 1.55. The van der Waals surface area contributed by atoms with Gasteiger partial charge in [-0.3, -0.25) is 4.79 Å². The molecule has 0 radical (unpaired) electrons. The van der Waals surface area contributed by atoms with Crippen molar-refractivity contribution >= 4 is 5.91 Å². The van der Waals surface area contributed by atoms with E-state index in [1.54, 1.807) is 10.9 Å². The van der Waals surface area contributed by atoms with E-state index in [-0.39, 0.29) is 5.91 Å². The number of hydrogen-bond donors (Lipinski definition) is 1. The van der Waals surface area contributed by atoms with Crippen molar-refractivity contribution in [1.29, 1.82) is 0 Å². The Balaban J connectivity index is 1.57. The zero-order chi connectivity index (χ0) is 16.8. The molecule has 1 saturated carbocycles. The van der Waals surface area contributed by atoms with E-state index in [4.69, 9.17) is 0 Å². The van der Waals surface area contributed by atoms with Gasteiger partial charge in [-0.15, -0.1) is 5.10 Å². The molecule has 1 heterocycles. The lowest BCUT2D eigenvalue weighted by atomic mass is 9.97. The Morgan fingerprint density at radius 1 is 1.29 bits per heavy atom. The van der Waals surface area contributed by atoms with Gasteiger partial charge in [-0.1, -0.05) is 61.7 Å². The molecule has 0 saturated heterocycles. The standard InChI is InChI=1S/C19H26N4O/c1-2-3-10-16-11-7-12-17(16)20-19(24)18-14-23(22-21-18)13-15-8-5-4-6-9-15/h4-6,8-9,14,16-17H,2-3,7,10-13H2,1H3,(H,20,24). The lowest BCUT2D eigenvalue weighted by Gasteiger charge is -2.20. The molecule has 2 atom stereocenters. The van der Waals surface area contributed by atoms with E-state index in [0.717, 1.165) is 12.0 Å². The van der Waals surface area contributed by atoms with Crippen LogP contribution in [0.5, 0.6) is 0 Å². The number of carbonyl (C=O) groups is 1. The van der Waals surface area contributed by atoms with Crippen LogP contribution in [0.4, 0.5) is 0 Å². The minimum atomic E-state index is -0.0947. The maximum Gasteiger partial charge on any atom is 0.273 e. The van der Waals surface area contributed by atoms with Crippen molar-refractivity contribution in [3.63, 3.8) is 0 Å². The smallest absolute Gasteiger partial charge is 0.273 e. The summed E-state index contributed by atoms with van der Waals surface area (Å²) >= 11 is 0. The topological polar surface area (TPSA) is 59.8 Å². The van der Waals surface area contributed by atoms with E-state index >= 15 is 0 Å². The van der Waals surface area contributed by atoms with Crippen molar-refractivity contribution in [2.45, 2.75) is 58.0 Å². The lowest BCUT2D eigenvalue weighted by Crippen LogP contribution is -2.37. The Kier molecular flexibility index (Phi) is 5.62. The molecule has 0 bridgehead atoms. The maximum absolute atomic E-state index is 12.5. The second-order valence-electron chi connectivity index (χ2n) is 6.70. The zero-order valence-electron chi connectivity index (χ0n) is 14.3. The molecule has 24 heavy (non-hydrogen) atoms. The summed E-state index contributed by atoms with van der Waals surface area (Å²) in [7, 11) is 0. The molecule has 1 amide bonds. The molecule has 3 rings (SSSR count). The van der Waals surface area contributed by atoms with E-state index in [1.165, 1.54) is 32.1 Å². The number of nitrogens with one attached hydrogen (secondary N) is 1. The van der Waals surface area contributed by atoms with E-state index < -0.39 is 0 Å². The van der Waals surface area contributed by atoms with Crippen molar-refractivity contribution in [2.75, 3.05) is 0 Å². The minimum absolute atomic E-state index is 0.0947. The molecule has 1 aromatic heterocycles. The van der Waals surface area contributed by atoms with Gasteiger partial charge in [0, 0.05) is 6.04 Å². The highest BCUT2D eigenvalue weighted by Crippen LogP contribution is 2.30. The Morgan fingerprint density at radius 2 is 2.12 bits per heavy atom. The molecule has 2 unspecified atom stereocenters. The third kappa shape index (κ3) is 4.22. The van der Waals surface area contributed by atoms with E-state index in [0.29, 0.717) is 24.2 Å². The van der Waals surface area contributed by atoms with E-state index in [9.17, 15) is 4.79 Å². The second-order valence-corrected chi connectivity index (χ2v) is 6.70. The van der Waals surface area contributed by atoms with Gasteiger partial charge in [0.2, 0.25) is 0 Å². The van der Waals surface area contributed by atoms with Crippen LogP contribution in [0, 0.1) is 5.92 Å². The fourth-order valence-corrected chi connectivity index (χ4v) is 3.53. The molecular formula is C19H26N4O. The minimum Gasteiger partial charge on any atom is -0.348 e. The van der Waals surface area contributed by atoms with Crippen LogP contribution >= 0.6 is 0 Å². The molecule has 1 N–H and O–H groups in total. The number of unbranched alkanes of at least 4 members (excludes halogenated alkanes) is 1. The zero-order valence-corrected chi connectivity index (χ0v) is 14.3. The first-order valence-corrected chi connectivity index (χ1v) is 9.01. The van der Waals surface area contributed by atoms with Crippen LogP contribution in [0.3, 0.4) is 0 Å². The number of hydrogen-bond acceptors (Lipinski definition) is 3. The summed E-state index contributed by atoms with van der Waals surface area (Å²) < 4.78 is 1.72. The Hall–Kier alpha value is -2.17. The summed E-state index contributed by atoms with van der Waals surface area (Å²) in [6.45, 7) is 2.84.